The van der Waals surface area contributed by atoms with Gasteiger partial charge in [0.1, 0.15) is 5.82 Å². The van der Waals surface area contributed by atoms with Crippen molar-refractivity contribution in [3.05, 3.63) is 40.9 Å². The van der Waals surface area contributed by atoms with Gasteiger partial charge in [0.05, 0.1) is 15.2 Å². The second-order valence-corrected chi connectivity index (χ2v) is 8.12. The number of para-hydroxylation sites is 1. The summed E-state index contributed by atoms with van der Waals surface area (Å²) >= 11 is 1.78. The van der Waals surface area contributed by atoms with Gasteiger partial charge in [-0.1, -0.05) is 12.1 Å². The van der Waals surface area contributed by atoms with E-state index in [1.54, 1.807) is 11.3 Å². The van der Waals surface area contributed by atoms with Gasteiger partial charge in [0.25, 0.3) is 0 Å². The molecule has 2 aromatic heterocycles. The molecule has 0 aliphatic carbocycles. The molecule has 3 aromatic rings. The Morgan fingerprint density at radius 2 is 1.96 bits per heavy atom. The van der Waals surface area contributed by atoms with E-state index in [2.05, 4.69) is 18.2 Å². The molecule has 1 aliphatic heterocycles. The quantitative estimate of drug-likeness (QED) is 0.643. The van der Waals surface area contributed by atoms with Crippen LogP contribution in [0.5, 0.6) is 0 Å². The van der Waals surface area contributed by atoms with Gasteiger partial charge in [0, 0.05) is 38.7 Å². The zero-order valence-corrected chi connectivity index (χ0v) is 16.3. The summed E-state index contributed by atoms with van der Waals surface area (Å²) in [6, 6.07) is 8.29. The van der Waals surface area contributed by atoms with Crippen molar-refractivity contribution in [2.45, 2.75) is 51.0 Å². The van der Waals surface area contributed by atoms with Gasteiger partial charge in [-0.2, -0.15) is 5.10 Å². The van der Waals surface area contributed by atoms with E-state index in [4.69, 9.17) is 19.8 Å². The topological polar surface area (TPSA) is 73.1 Å². The number of benzene rings is 1. The van der Waals surface area contributed by atoms with E-state index in [0.717, 1.165) is 69.0 Å². The van der Waals surface area contributed by atoms with Crippen LogP contribution >= 0.6 is 11.3 Å². The number of thiazole rings is 1. The lowest BCUT2D eigenvalue weighted by molar-refractivity contribution is 0.0835. The first kappa shape index (κ1) is 18.5. The van der Waals surface area contributed by atoms with Crippen molar-refractivity contribution in [3.8, 4) is 0 Å². The van der Waals surface area contributed by atoms with Gasteiger partial charge in [-0.25, -0.2) is 14.6 Å². The predicted molar refractivity (Wildman–Crippen MR) is 106 cm³/mol. The fourth-order valence-electron chi connectivity index (χ4n) is 3.53. The molecule has 1 aromatic carbocycles. The van der Waals surface area contributed by atoms with Crippen molar-refractivity contribution >= 4 is 21.6 Å². The Bertz CT molecular complexity index is 837. The summed E-state index contributed by atoms with van der Waals surface area (Å²) in [4.78, 5) is 9.58. The first-order valence-corrected chi connectivity index (χ1v) is 10.6. The van der Waals surface area contributed by atoms with Crippen molar-refractivity contribution in [1.82, 2.24) is 19.7 Å². The Morgan fingerprint density at radius 3 is 2.78 bits per heavy atom. The summed E-state index contributed by atoms with van der Waals surface area (Å²) in [5.74, 6) is 2.38. The maximum atomic E-state index is 9.18. The minimum absolute atomic E-state index is 0.178. The maximum absolute atomic E-state index is 9.18. The average Bonchev–Trinajstić information content (AvgIpc) is 3.31. The molecule has 4 rings (SSSR count). The average molecular weight is 387 g/mol. The monoisotopic (exact) mass is 386 g/mol. The molecule has 1 N–H and O–H groups in total. The fourth-order valence-corrected chi connectivity index (χ4v) is 4.54. The molecule has 0 spiro atoms. The molecule has 1 saturated heterocycles. The first-order valence-electron chi connectivity index (χ1n) is 9.80. The number of aromatic nitrogens is 4. The van der Waals surface area contributed by atoms with Crippen molar-refractivity contribution in [1.29, 1.82) is 0 Å². The Labute approximate surface area is 163 Å². The van der Waals surface area contributed by atoms with Crippen LogP contribution in [0.1, 0.15) is 48.3 Å². The zero-order valence-electron chi connectivity index (χ0n) is 15.5. The second kappa shape index (κ2) is 8.91. The minimum Gasteiger partial charge on any atom is -0.396 e. The van der Waals surface area contributed by atoms with Gasteiger partial charge < -0.3 is 9.84 Å². The first-order chi connectivity index (χ1) is 13.3. The number of hydrogen-bond donors (Lipinski definition) is 1. The summed E-state index contributed by atoms with van der Waals surface area (Å²) in [5.41, 5.74) is 1.09. The highest BCUT2D eigenvalue weighted by atomic mass is 32.1. The minimum atomic E-state index is 0.178. The number of aryl methyl sites for hydroxylation is 3. The van der Waals surface area contributed by atoms with Crippen LogP contribution in [-0.4, -0.2) is 44.7 Å². The van der Waals surface area contributed by atoms with Crippen molar-refractivity contribution in [3.63, 3.8) is 0 Å². The molecule has 0 bridgehead atoms. The van der Waals surface area contributed by atoms with Crippen LogP contribution < -0.4 is 0 Å². The van der Waals surface area contributed by atoms with Crippen LogP contribution in [0.3, 0.4) is 0 Å². The third kappa shape index (κ3) is 4.54. The van der Waals surface area contributed by atoms with Crippen molar-refractivity contribution in [2.75, 3.05) is 19.8 Å². The molecule has 0 atom stereocenters. The Kier molecular flexibility index (Phi) is 6.11. The number of aliphatic hydroxyl groups is 1. The van der Waals surface area contributed by atoms with Crippen LogP contribution in [0.4, 0.5) is 0 Å². The summed E-state index contributed by atoms with van der Waals surface area (Å²) in [6.45, 7) is 2.49. The summed E-state index contributed by atoms with van der Waals surface area (Å²) in [7, 11) is 0. The maximum Gasteiger partial charge on any atom is 0.154 e. The molecule has 1 aliphatic rings. The number of aliphatic hydroxyl groups excluding tert-OH is 1. The SMILES string of the molecule is OCCCn1nc(C2CCOCC2)nc1CCCc1nc2ccccc2s1. The van der Waals surface area contributed by atoms with Gasteiger partial charge in [-0.05, 0) is 44.2 Å². The molecule has 144 valence electrons. The largest absolute Gasteiger partial charge is 0.396 e. The summed E-state index contributed by atoms with van der Waals surface area (Å²) < 4.78 is 8.71. The fraction of sp³-hybridized carbons (Fsp3) is 0.550. The van der Waals surface area contributed by atoms with Crippen LogP contribution in [0.15, 0.2) is 24.3 Å². The van der Waals surface area contributed by atoms with Gasteiger partial charge >= 0.3 is 0 Å². The summed E-state index contributed by atoms with van der Waals surface area (Å²) in [5, 5.41) is 15.1. The lowest BCUT2D eigenvalue weighted by atomic mass is 10.00. The van der Waals surface area contributed by atoms with Gasteiger partial charge in [0.2, 0.25) is 0 Å². The highest BCUT2D eigenvalue weighted by Gasteiger charge is 2.22. The highest BCUT2D eigenvalue weighted by Crippen LogP contribution is 2.25. The van der Waals surface area contributed by atoms with Gasteiger partial charge in [-0.3, -0.25) is 0 Å². The number of rotatable bonds is 8. The van der Waals surface area contributed by atoms with E-state index >= 15 is 0 Å². The number of nitrogens with zero attached hydrogens (tertiary/aromatic N) is 4. The van der Waals surface area contributed by atoms with E-state index < -0.39 is 0 Å². The number of hydrogen-bond acceptors (Lipinski definition) is 6. The third-order valence-electron chi connectivity index (χ3n) is 5.01. The lowest BCUT2D eigenvalue weighted by Crippen LogP contribution is -2.15. The number of fused-ring (bicyclic) bond motifs is 1. The lowest BCUT2D eigenvalue weighted by Gasteiger charge is -2.18. The van der Waals surface area contributed by atoms with Crippen LogP contribution in [0, 0.1) is 0 Å². The second-order valence-electron chi connectivity index (χ2n) is 7.00. The van der Waals surface area contributed by atoms with E-state index in [1.807, 2.05) is 10.7 Å². The predicted octanol–water partition coefficient (Wildman–Crippen LogP) is 3.34. The summed E-state index contributed by atoms with van der Waals surface area (Å²) in [6.07, 6.45) is 5.55. The molecule has 0 radical (unpaired) electrons. The van der Waals surface area contributed by atoms with Crippen LogP contribution in [-0.2, 0) is 24.1 Å². The van der Waals surface area contributed by atoms with Gasteiger partial charge in [-0.15, -0.1) is 11.3 Å². The van der Waals surface area contributed by atoms with E-state index in [0.29, 0.717) is 12.3 Å². The van der Waals surface area contributed by atoms with E-state index in [9.17, 15) is 5.11 Å². The number of ether oxygens (including phenoxy) is 1. The molecule has 3 heterocycles. The third-order valence-corrected chi connectivity index (χ3v) is 6.10. The molecule has 6 nitrogen and oxygen atoms in total. The zero-order chi connectivity index (χ0) is 18.5. The molecule has 0 amide bonds. The van der Waals surface area contributed by atoms with Crippen LogP contribution in [0.25, 0.3) is 10.2 Å². The smallest absolute Gasteiger partial charge is 0.154 e. The van der Waals surface area contributed by atoms with E-state index in [-0.39, 0.29) is 6.61 Å². The molecular formula is C20H26N4O2S. The Balaban J connectivity index is 1.42. The Morgan fingerprint density at radius 1 is 1.11 bits per heavy atom. The molecule has 27 heavy (non-hydrogen) atoms. The molecule has 1 fully saturated rings. The Hall–Kier alpha value is -1.83. The standard InChI is InChI=1S/C20H26N4O2S/c25-12-4-11-24-18(22-20(23-24)15-9-13-26-14-10-15)7-3-8-19-21-16-5-1-2-6-17(16)27-19/h1-2,5-6,15,25H,3-4,7-14H2. The molecule has 0 saturated carbocycles. The van der Waals surface area contributed by atoms with E-state index in [1.165, 1.54) is 9.71 Å². The molecule has 0 unspecified atom stereocenters. The highest BCUT2D eigenvalue weighted by molar-refractivity contribution is 7.18. The van der Waals surface area contributed by atoms with Gasteiger partial charge in [0.15, 0.2) is 5.82 Å². The van der Waals surface area contributed by atoms with Crippen molar-refractivity contribution < 1.29 is 9.84 Å². The van der Waals surface area contributed by atoms with Crippen molar-refractivity contribution in [2.24, 2.45) is 0 Å². The molecular weight excluding hydrogens is 360 g/mol. The van der Waals surface area contributed by atoms with Crippen LogP contribution in [0.2, 0.25) is 0 Å². The normalized spacial score (nSPS) is 15.6. The molecule has 7 heteroatoms.